The number of hydrogen-bond donors (Lipinski definition) is 4. The van der Waals surface area contributed by atoms with Crippen LogP contribution in [0.4, 0.5) is 0 Å². The van der Waals surface area contributed by atoms with Crippen molar-refractivity contribution in [1.82, 2.24) is 5.06 Å². The predicted molar refractivity (Wildman–Crippen MR) is 73.6 cm³/mol. The minimum atomic E-state index is -0.998. The molecule has 0 aromatic carbocycles. The molecule has 86 valence electrons. The zero-order chi connectivity index (χ0) is 11.7. The Kier molecular flexibility index (Phi) is 4.53. The van der Waals surface area contributed by atoms with E-state index in [0.717, 1.165) is 0 Å². The van der Waals surface area contributed by atoms with Gasteiger partial charge in [0, 0.05) is 12.8 Å². The van der Waals surface area contributed by atoms with Gasteiger partial charge in [0.2, 0.25) is 0 Å². The molecule has 1 rings (SSSR count). The van der Waals surface area contributed by atoms with Crippen molar-refractivity contribution in [2.45, 2.75) is 21.2 Å². The van der Waals surface area contributed by atoms with E-state index in [1.165, 1.54) is 5.06 Å². The Morgan fingerprint density at radius 3 is 2.20 bits per heavy atom. The molecule has 0 unspecified atom stereocenters. The molecular formula is C8H13NO2S4. The minimum Gasteiger partial charge on any atom is -0.299 e. The lowest BCUT2D eigenvalue weighted by atomic mass is 10.1. The number of rotatable bonds is 3. The number of thiol groups is 4. The van der Waals surface area contributed by atoms with Crippen LogP contribution in [0.15, 0.2) is 12.7 Å². The van der Waals surface area contributed by atoms with Crippen molar-refractivity contribution in [3.63, 3.8) is 0 Å². The van der Waals surface area contributed by atoms with Gasteiger partial charge in [-0.05, 0) is 0 Å². The molecule has 0 atom stereocenters. The maximum Gasteiger partial charge on any atom is 0.141 e. The molecule has 0 saturated carbocycles. The third-order valence-electron chi connectivity index (χ3n) is 1.84. The molecule has 1 fully saturated rings. The van der Waals surface area contributed by atoms with Gasteiger partial charge in [-0.25, -0.2) is 0 Å². The Balaban J connectivity index is 2.86. The number of hydrogen-bond acceptors (Lipinski definition) is 7. The number of carbonyl (C=O) groups is 1. The molecule has 3 nitrogen and oxygen atoms in total. The molecule has 1 saturated heterocycles. The van der Waals surface area contributed by atoms with Gasteiger partial charge in [0.25, 0.3) is 0 Å². The average Bonchev–Trinajstić information content (AvgIpc) is 1.98. The van der Waals surface area contributed by atoms with E-state index in [-0.39, 0.29) is 18.6 Å². The monoisotopic (exact) mass is 283 g/mol. The lowest BCUT2D eigenvalue weighted by molar-refractivity contribution is -0.194. The average molecular weight is 283 g/mol. The molecule has 7 heteroatoms. The molecule has 1 heterocycles. The highest BCUT2D eigenvalue weighted by molar-refractivity contribution is 8.02. The topological polar surface area (TPSA) is 29.5 Å². The van der Waals surface area contributed by atoms with Crippen molar-refractivity contribution in [2.75, 3.05) is 6.61 Å². The molecule has 0 radical (unpaired) electrons. The van der Waals surface area contributed by atoms with Crippen molar-refractivity contribution in [3.05, 3.63) is 12.7 Å². The summed E-state index contributed by atoms with van der Waals surface area (Å²) < 4.78 is -2.00. The van der Waals surface area contributed by atoms with E-state index in [4.69, 9.17) is 4.84 Å². The number of carbonyl (C=O) groups excluding carboxylic acids is 1. The van der Waals surface area contributed by atoms with Crippen LogP contribution in [0.1, 0.15) is 12.8 Å². The predicted octanol–water partition coefficient (Wildman–Crippen LogP) is 1.80. The molecule has 1 aliphatic rings. The van der Waals surface area contributed by atoms with Gasteiger partial charge in [0.05, 0.1) is 6.61 Å². The third kappa shape index (κ3) is 3.34. The van der Waals surface area contributed by atoms with Crippen LogP contribution in [0.2, 0.25) is 0 Å². The first-order valence-corrected chi connectivity index (χ1v) is 6.04. The van der Waals surface area contributed by atoms with E-state index in [0.29, 0.717) is 6.61 Å². The summed E-state index contributed by atoms with van der Waals surface area (Å²) >= 11 is 17.1. The normalized spacial score (nSPS) is 25.2. The minimum absolute atomic E-state index is 0.00320. The van der Waals surface area contributed by atoms with Crippen molar-refractivity contribution in [1.29, 1.82) is 0 Å². The van der Waals surface area contributed by atoms with Gasteiger partial charge in [-0.1, -0.05) is 6.08 Å². The summed E-state index contributed by atoms with van der Waals surface area (Å²) in [5.41, 5.74) is 0. The maximum absolute atomic E-state index is 11.4. The zero-order valence-electron chi connectivity index (χ0n) is 7.96. The van der Waals surface area contributed by atoms with Crippen LogP contribution in [0.25, 0.3) is 0 Å². The first-order valence-electron chi connectivity index (χ1n) is 4.25. The summed E-state index contributed by atoms with van der Waals surface area (Å²) in [7, 11) is 0. The van der Waals surface area contributed by atoms with E-state index < -0.39 is 8.41 Å². The van der Waals surface area contributed by atoms with Gasteiger partial charge >= 0.3 is 0 Å². The van der Waals surface area contributed by atoms with Crippen molar-refractivity contribution in [2.24, 2.45) is 0 Å². The number of Topliss-reactive ketones (excluding diaryl/α,β-unsaturated/α-hetero) is 1. The van der Waals surface area contributed by atoms with Gasteiger partial charge in [-0.15, -0.1) is 62.2 Å². The van der Waals surface area contributed by atoms with Gasteiger partial charge in [0.1, 0.15) is 14.2 Å². The second-order valence-corrected chi connectivity index (χ2v) is 6.98. The Hall–Kier alpha value is 0.730. The van der Waals surface area contributed by atoms with Gasteiger partial charge in [-0.3, -0.25) is 9.63 Å². The first kappa shape index (κ1) is 13.8. The molecule has 0 aliphatic carbocycles. The zero-order valence-corrected chi connectivity index (χ0v) is 11.5. The quantitative estimate of drug-likeness (QED) is 0.362. The molecule has 0 spiro atoms. The first-order chi connectivity index (χ1) is 6.79. The van der Waals surface area contributed by atoms with E-state index in [1.54, 1.807) is 6.08 Å². The Morgan fingerprint density at radius 2 is 1.80 bits per heavy atom. The number of nitrogens with zero attached hydrogens (tertiary/aromatic N) is 1. The summed E-state index contributed by atoms with van der Waals surface area (Å²) in [5, 5.41) is 1.40. The molecule has 0 aromatic rings. The van der Waals surface area contributed by atoms with Crippen LogP contribution in [0.5, 0.6) is 0 Å². The van der Waals surface area contributed by atoms with Crippen LogP contribution in [0, 0.1) is 0 Å². The fraction of sp³-hybridized carbons (Fsp3) is 0.625. The summed E-state index contributed by atoms with van der Waals surface area (Å²) in [4.78, 5) is 16.8. The Labute approximate surface area is 111 Å². The van der Waals surface area contributed by atoms with Crippen molar-refractivity contribution in [3.8, 4) is 0 Å². The molecule has 0 aromatic heterocycles. The highest BCUT2D eigenvalue weighted by atomic mass is 32.2. The van der Waals surface area contributed by atoms with Crippen LogP contribution >= 0.6 is 50.5 Å². The second-order valence-electron chi connectivity index (χ2n) is 3.32. The van der Waals surface area contributed by atoms with Crippen LogP contribution in [0.3, 0.4) is 0 Å². The van der Waals surface area contributed by atoms with Crippen LogP contribution < -0.4 is 0 Å². The lowest BCUT2D eigenvalue weighted by Gasteiger charge is -2.47. The maximum atomic E-state index is 11.4. The summed E-state index contributed by atoms with van der Waals surface area (Å²) in [6.07, 6.45) is 1.95. The highest BCUT2D eigenvalue weighted by Crippen LogP contribution is 2.45. The lowest BCUT2D eigenvalue weighted by Crippen LogP contribution is -2.56. The van der Waals surface area contributed by atoms with Crippen molar-refractivity contribution >= 4 is 56.3 Å². The molecule has 0 bridgehead atoms. The number of hydroxylamine groups is 2. The fourth-order valence-electron chi connectivity index (χ4n) is 1.36. The molecule has 15 heavy (non-hydrogen) atoms. The van der Waals surface area contributed by atoms with E-state index in [2.05, 4.69) is 57.1 Å². The Bertz CT molecular complexity index is 260. The van der Waals surface area contributed by atoms with Crippen LogP contribution in [-0.4, -0.2) is 25.9 Å². The van der Waals surface area contributed by atoms with Gasteiger partial charge < -0.3 is 0 Å². The van der Waals surface area contributed by atoms with Gasteiger partial charge in [-0.2, -0.15) is 0 Å². The number of piperidine rings is 1. The molecule has 1 aliphatic heterocycles. The Morgan fingerprint density at radius 1 is 1.33 bits per heavy atom. The summed E-state index contributed by atoms with van der Waals surface area (Å²) in [5.74, 6) is 0.00320. The molecular weight excluding hydrogens is 270 g/mol. The largest absolute Gasteiger partial charge is 0.299 e. The molecule has 0 N–H and O–H groups in total. The summed E-state index contributed by atoms with van der Waals surface area (Å²) in [6, 6.07) is 0. The standard InChI is InChI=1S/C8H13NO2S4/c1-2-3-11-9-7(12,13)4-6(10)5-8(9,14)15/h2,12-15H,1,3-5H2. The SMILES string of the molecule is C=CCON1C(S)(S)CC(=O)CC1(S)S. The summed E-state index contributed by atoms with van der Waals surface area (Å²) in [6.45, 7) is 3.83. The van der Waals surface area contributed by atoms with Gasteiger partial charge in [0.15, 0.2) is 0 Å². The van der Waals surface area contributed by atoms with E-state index in [1.807, 2.05) is 0 Å². The molecule has 0 amide bonds. The second kappa shape index (κ2) is 4.93. The smallest absolute Gasteiger partial charge is 0.141 e. The fourth-order valence-corrected chi connectivity index (χ4v) is 3.29. The highest BCUT2D eigenvalue weighted by Gasteiger charge is 2.49. The van der Waals surface area contributed by atoms with E-state index in [9.17, 15) is 4.79 Å². The van der Waals surface area contributed by atoms with Crippen LogP contribution in [-0.2, 0) is 9.63 Å². The van der Waals surface area contributed by atoms with Crippen molar-refractivity contribution < 1.29 is 9.63 Å². The van der Waals surface area contributed by atoms with E-state index >= 15 is 0 Å². The third-order valence-corrected chi connectivity index (χ3v) is 3.20. The number of ketones is 1.